The third-order valence-corrected chi connectivity index (χ3v) is 3.07. The fourth-order valence-electron chi connectivity index (χ4n) is 1.88. The molecular weight excluding hydrogens is 333 g/mol. The molecule has 0 aromatic heterocycles. The predicted octanol–water partition coefficient (Wildman–Crippen LogP) is 2.78. The fourth-order valence-corrected chi connectivity index (χ4v) is 1.88. The quantitative estimate of drug-likeness (QED) is 0.464. The second-order valence-corrected chi connectivity index (χ2v) is 5.11. The number of hydrogen-bond donors (Lipinski definition) is 0. The Balaban J connectivity index is 3.45. The van der Waals surface area contributed by atoms with Crippen LogP contribution in [-0.4, -0.2) is 30.5 Å². The Hall–Kier alpha value is -2.65. The normalized spacial score (nSPS) is 11.3. The highest BCUT2D eigenvalue weighted by atomic mass is 19.4. The van der Waals surface area contributed by atoms with Crippen LogP contribution in [-0.2, 0) is 20.5 Å². The van der Waals surface area contributed by atoms with Crippen LogP contribution in [0.25, 0.3) is 0 Å². The van der Waals surface area contributed by atoms with Crippen molar-refractivity contribution in [3.8, 4) is 0 Å². The van der Waals surface area contributed by atoms with Gasteiger partial charge in [0.05, 0.1) is 12.0 Å². The average Bonchev–Trinajstić information content (AvgIpc) is 2.49. The zero-order valence-corrected chi connectivity index (χ0v) is 13.1. The molecule has 1 rings (SSSR count). The van der Waals surface area contributed by atoms with E-state index in [2.05, 4.69) is 4.74 Å². The number of methoxy groups -OCH3 is 1. The lowest BCUT2D eigenvalue weighted by atomic mass is 10.1. The Morgan fingerprint density at radius 3 is 2.33 bits per heavy atom. The Morgan fingerprint density at radius 2 is 1.92 bits per heavy atom. The highest BCUT2D eigenvalue weighted by Gasteiger charge is 2.39. The highest BCUT2D eigenvalue weighted by Crippen LogP contribution is 2.38. The maximum absolute atomic E-state index is 13.0. The molecule has 7 nitrogen and oxygen atoms in total. The molecule has 0 radical (unpaired) electrons. The molecule has 1 aromatic rings. The topological polar surface area (TPSA) is 89.8 Å². The Labute approximate surface area is 135 Å². The highest BCUT2D eigenvalue weighted by molar-refractivity contribution is 5.98. The average molecular weight is 348 g/mol. The molecule has 1 aromatic carbocycles. The van der Waals surface area contributed by atoms with E-state index < -0.39 is 46.7 Å². The van der Waals surface area contributed by atoms with Crippen molar-refractivity contribution in [2.75, 3.05) is 18.6 Å². The summed E-state index contributed by atoms with van der Waals surface area (Å²) in [4.78, 5) is 34.0. The first kappa shape index (κ1) is 19.4. The molecule has 0 N–H and O–H groups in total. The van der Waals surface area contributed by atoms with E-state index in [1.54, 1.807) is 0 Å². The third kappa shape index (κ3) is 4.43. The number of nitrogens with zero attached hydrogens (tertiary/aromatic N) is 2. The molecule has 0 saturated carbocycles. The molecule has 1 amide bonds. The molecule has 0 spiro atoms. The molecule has 10 heteroatoms. The zero-order valence-electron chi connectivity index (χ0n) is 13.1. The molecule has 132 valence electrons. The van der Waals surface area contributed by atoms with Crippen LogP contribution in [0.5, 0.6) is 0 Å². The smallest absolute Gasteiger partial charge is 0.423 e. The summed E-state index contributed by atoms with van der Waals surface area (Å²) < 4.78 is 43.6. The molecule has 0 aliphatic carbocycles. The summed E-state index contributed by atoms with van der Waals surface area (Å²) in [7, 11) is 1.07. The number of anilines is 1. The second kappa shape index (κ2) is 7.28. The summed E-state index contributed by atoms with van der Waals surface area (Å²) in [5.74, 6) is -2.07. The predicted molar refractivity (Wildman–Crippen MR) is 77.3 cm³/mol. The van der Waals surface area contributed by atoms with E-state index in [0.29, 0.717) is 12.1 Å². The molecule has 24 heavy (non-hydrogen) atoms. The van der Waals surface area contributed by atoms with Crippen molar-refractivity contribution in [1.82, 2.24) is 0 Å². The number of benzene rings is 1. The lowest BCUT2D eigenvalue weighted by molar-refractivity contribution is -0.388. The van der Waals surface area contributed by atoms with Gasteiger partial charge >= 0.3 is 12.1 Å². The summed E-state index contributed by atoms with van der Waals surface area (Å²) >= 11 is 0. The number of rotatable bonds is 5. The minimum Gasteiger partial charge on any atom is -0.468 e. The molecule has 0 fully saturated rings. The number of carbonyl (C=O) groups excluding carboxylic acids is 2. The van der Waals surface area contributed by atoms with Crippen LogP contribution in [0.1, 0.15) is 19.4 Å². The van der Waals surface area contributed by atoms with Gasteiger partial charge in [-0.3, -0.25) is 19.7 Å². The monoisotopic (exact) mass is 348 g/mol. The largest absolute Gasteiger partial charge is 0.468 e. The summed E-state index contributed by atoms with van der Waals surface area (Å²) in [6.45, 7) is 2.40. The minimum absolute atomic E-state index is 0.281. The maximum atomic E-state index is 13.0. The van der Waals surface area contributed by atoms with Gasteiger partial charge in [0.2, 0.25) is 5.91 Å². The number of nitro groups is 1. The first-order valence-corrected chi connectivity index (χ1v) is 6.72. The van der Waals surface area contributed by atoms with Gasteiger partial charge in [-0.2, -0.15) is 13.2 Å². The van der Waals surface area contributed by atoms with Crippen LogP contribution in [0.2, 0.25) is 0 Å². The maximum Gasteiger partial charge on any atom is 0.423 e. The molecule has 0 aliphatic heterocycles. The number of alkyl halides is 3. The lowest BCUT2D eigenvalue weighted by Gasteiger charge is -2.24. The van der Waals surface area contributed by atoms with Gasteiger partial charge in [-0.1, -0.05) is 13.8 Å². The van der Waals surface area contributed by atoms with Gasteiger partial charge in [-0.15, -0.1) is 0 Å². The van der Waals surface area contributed by atoms with Crippen LogP contribution in [0.4, 0.5) is 24.5 Å². The fraction of sp³-hybridized carbons (Fsp3) is 0.429. The minimum atomic E-state index is -4.99. The van der Waals surface area contributed by atoms with Gasteiger partial charge < -0.3 is 9.64 Å². The summed E-state index contributed by atoms with van der Waals surface area (Å²) in [6.07, 6.45) is -4.99. The van der Waals surface area contributed by atoms with Gasteiger partial charge in [-0.25, -0.2) is 0 Å². The Morgan fingerprint density at radius 1 is 1.33 bits per heavy atom. The SMILES string of the molecule is COC(=O)CN(C(=O)C(C)C)c1ccc([N+](=O)[O-])c(C(F)(F)F)c1. The lowest BCUT2D eigenvalue weighted by Crippen LogP contribution is -2.39. The standard InChI is InChI=1S/C14H15F3N2O5/c1-8(2)13(21)18(7-12(20)24-3)9-4-5-11(19(22)23)10(6-9)14(15,16)17/h4-6,8H,7H2,1-3H3. The molecule has 0 heterocycles. The number of hydrogen-bond acceptors (Lipinski definition) is 5. The van der Waals surface area contributed by atoms with Crippen LogP contribution < -0.4 is 4.90 Å². The van der Waals surface area contributed by atoms with E-state index in [0.717, 1.165) is 18.1 Å². The molecule has 0 saturated heterocycles. The zero-order chi connectivity index (χ0) is 18.7. The molecule has 0 atom stereocenters. The summed E-state index contributed by atoms with van der Waals surface area (Å²) in [5.41, 5.74) is -2.92. The number of amides is 1. The van der Waals surface area contributed by atoms with Crippen molar-refractivity contribution in [3.63, 3.8) is 0 Å². The summed E-state index contributed by atoms with van der Waals surface area (Å²) in [5, 5.41) is 10.8. The van der Waals surface area contributed by atoms with Crippen molar-refractivity contribution in [3.05, 3.63) is 33.9 Å². The molecule has 0 bridgehead atoms. The number of esters is 1. The van der Waals surface area contributed by atoms with Gasteiger partial charge in [0.25, 0.3) is 5.69 Å². The van der Waals surface area contributed by atoms with Gasteiger partial charge in [0, 0.05) is 17.7 Å². The summed E-state index contributed by atoms with van der Waals surface area (Å²) in [6, 6.07) is 2.11. The molecule has 0 aliphatic rings. The van der Waals surface area contributed by atoms with Gasteiger partial charge in [0.1, 0.15) is 12.1 Å². The molecule has 0 unspecified atom stereocenters. The van der Waals surface area contributed by atoms with Crippen molar-refractivity contribution in [2.45, 2.75) is 20.0 Å². The van der Waals surface area contributed by atoms with Crippen molar-refractivity contribution in [1.29, 1.82) is 0 Å². The van der Waals surface area contributed by atoms with E-state index in [-0.39, 0.29) is 5.69 Å². The van der Waals surface area contributed by atoms with Crippen molar-refractivity contribution < 1.29 is 32.4 Å². The number of carbonyl (C=O) groups is 2. The van der Waals surface area contributed by atoms with E-state index in [4.69, 9.17) is 0 Å². The van der Waals surface area contributed by atoms with Crippen LogP contribution >= 0.6 is 0 Å². The first-order chi connectivity index (χ1) is 11.0. The van der Waals surface area contributed by atoms with Crippen molar-refractivity contribution >= 4 is 23.3 Å². The van der Waals surface area contributed by atoms with E-state index in [1.165, 1.54) is 13.8 Å². The second-order valence-electron chi connectivity index (χ2n) is 5.11. The first-order valence-electron chi connectivity index (χ1n) is 6.72. The Bertz CT molecular complexity index is 658. The van der Waals surface area contributed by atoms with Crippen LogP contribution in [0.15, 0.2) is 18.2 Å². The Kier molecular flexibility index (Phi) is 5.88. The van der Waals surface area contributed by atoms with Gasteiger partial charge in [0.15, 0.2) is 0 Å². The van der Waals surface area contributed by atoms with E-state index in [1.807, 2.05) is 0 Å². The van der Waals surface area contributed by atoms with Crippen LogP contribution in [0.3, 0.4) is 0 Å². The number of halogens is 3. The third-order valence-electron chi connectivity index (χ3n) is 3.07. The molecular formula is C14H15F3N2O5. The van der Waals surface area contributed by atoms with Crippen molar-refractivity contribution in [2.24, 2.45) is 5.92 Å². The number of nitro benzene ring substituents is 1. The van der Waals surface area contributed by atoms with E-state index >= 15 is 0 Å². The van der Waals surface area contributed by atoms with Gasteiger partial charge in [-0.05, 0) is 12.1 Å². The van der Waals surface area contributed by atoms with Crippen LogP contribution in [0, 0.1) is 16.0 Å². The number of ether oxygens (including phenoxy) is 1. The van der Waals surface area contributed by atoms with E-state index in [9.17, 15) is 32.9 Å².